The van der Waals surface area contributed by atoms with Gasteiger partial charge < -0.3 is 10.6 Å². The van der Waals surface area contributed by atoms with E-state index in [-0.39, 0.29) is 0 Å². The molecule has 3 rings (SSSR count). The maximum absolute atomic E-state index is 9.02. The number of benzene rings is 1. The van der Waals surface area contributed by atoms with E-state index in [0.29, 0.717) is 17.3 Å². The summed E-state index contributed by atoms with van der Waals surface area (Å²) in [5.41, 5.74) is 8.42. The highest BCUT2D eigenvalue weighted by Crippen LogP contribution is 2.40. The second kappa shape index (κ2) is 3.96. The van der Waals surface area contributed by atoms with Crippen LogP contribution in [0.1, 0.15) is 31.2 Å². The number of anilines is 2. The van der Waals surface area contributed by atoms with E-state index in [2.05, 4.69) is 17.0 Å². The Morgan fingerprint density at radius 2 is 2.06 bits per heavy atom. The van der Waals surface area contributed by atoms with Crippen LogP contribution in [0.4, 0.5) is 11.4 Å². The van der Waals surface area contributed by atoms with E-state index < -0.39 is 0 Å². The van der Waals surface area contributed by atoms with E-state index in [4.69, 9.17) is 11.0 Å². The van der Waals surface area contributed by atoms with E-state index in [1.165, 1.54) is 25.7 Å². The average Bonchev–Trinajstić information content (AvgIpc) is 3.19. The van der Waals surface area contributed by atoms with Crippen LogP contribution in [0.2, 0.25) is 0 Å². The monoisotopic (exact) mass is 227 g/mol. The minimum Gasteiger partial charge on any atom is -0.396 e. The third-order valence-electron chi connectivity index (χ3n) is 3.65. The molecule has 3 heteroatoms. The molecular formula is C14H17N3. The fourth-order valence-electron chi connectivity index (χ4n) is 2.31. The van der Waals surface area contributed by atoms with Crippen LogP contribution in [0.5, 0.6) is 0 Å². The lowest BCUT2D eigenvalue weighted by Gasteiger charge is -2.26. The zero-order valence-corrected chi connectivity index (χ0v) is 9.89. The highest BCUT2D eigenvalue weighted by Gasteiger charge is 2.34. The van der Waals surface area contributed by atoms with Gasteiger partial charge in [-0.2, -0.15) is 5.26 Å². The standard InChI is InChI=1S/C14H17N3/c15-8-11-2-1-3-13(14(11)16)17(12-6-7-12)9-10-4-5-10/h1-3,10,12H,4-7,9,16H2. The third kappa shape index (κ3) is 2.08. The minimum atomic E-state index is 0.601. The summed E-state index contributed by atoms with van der Waals surface area (Å²) in [4.78, 5) is 2.42. The first-order chi connectivity index (χ1) is 8.29. The first kappa shape index (κ1) is 10.5. The molecule has 88 valence electrons. The number of hydrogen-bond acceptors (Lipinski definition) is 3. The number of rotatable bonds is 4. The Labute approximate surface area is 102 Å². The van der Waals surface area contributed by atoms with Gasteiger partial charge in [0.05, 0.1) is 16.9 Å². The molecule has 17 heavy (non-hydrogen) atoms. The zero-order chi connectivity index (χ0) is 11.8. The normalized spacial score (nSPS) is 18.8. The molecule has 0 bridgehead atoms. The second-order valence-electron chi connectivity index (χ2n) is 5.18. The van der Waals surface area contributed by atoms with Crippen LogP contribution in [0.15, 0.2) is 18.2 Å². The highest BCUT2D eigenvalue weighted by molar-refractivity contribution is 5.74. The van der Waals surface area contributed by atoms with Crippen LogP contribution < -0.4 is 10.6 Å². The lowest BCUT2D eigenvalue weighted by Crippen LogP contribution is -2.28. The van der Waals surface area contributed by atoms with Crippen molar-refractivity contribution in [3.05, 3.63) is 23.8 Å². The molecule has 0 heterocycles. The number of nitrogens with two attached hydrogens (primary N) is 1. The summed E-state index contributed by atoms with van der Waals surface area (Å²) in [6.45, 7) is 1.11. The van der Waals surface area contributed by atoms with Gasteiger partial charge in [0.2, 0.25) is 0 Å². The summed E-state index contributed by atoms with van der Waals surface area (Å²) in [5.74, 6) is 0.848. The van der Waals surface area contributed by atoms with Crippen molar-refractivity contribution >= 4 is 11.4 Å². The first-order valence-electron chi connectivity index (χ1n) is 6.35. The van der Waals surface area contributed by atoms with Crippen molar-refractivity contribution in [1.29, 1.82) is 5.26 Å². The maximum Gasteiger partial charge on any atom is 0.101 e. The van der Waals surface area contributed by atoms with Crippen molar-refractivity contribution in [3.63, 3.8) is 0 Å². The molecular weight excluding hydrogens is 210 g/mol. The number of para-hydroxylation sites is 1. The fraction of sp³-hybridized carbons (Fsp3) is 0.500. The van der Waals surface area contributed by atoms with Gasteiger partial charge in [0.25, 0.3) is 0 Å². The molecule has 2 saturated carbocycles. The van der Waals surface area contributed by atoms with Crippen LogP contribution in [-0.4, -0.2) is 12.6 Å². The lowest BCUT2D eigenvalue weighted by atomic mass is 10.1. The van der Waals surface area contributed by atoms with Gasteiger partial charge in [0.15, 0.2) is 0 Å². The van der Waals surface area contributed by atoms with Crippen LogP contribution >= 0.6 is 0 Å². The third-order valence-corrected chi connectivity index (χ3v) is 3.65. The Hall–Kier alpha value is -1.69. The van der Waals surface area contributed by atoms with Crippen LogP contribution in [-0.2, 0) is 0 Å². The van der Waals surface area contributed by atoms with Crippen molar-refractivity contribution in [2.75, 3.05) is 17.2 Å². The molecule has 0 unspecified atom stereocenters. The molecule has 1 aromatic rings. The summed E-state index contributed by atoms with van der Waals surface area (Å²) in [6, 6.07) is 8.61. The molecule has 2 aliphatic carbocycles. The lowest BCUT2D eigenvalue weighted by molar-refractivity contribution is 0.720. The number of nitrogens with zero attached hydrogens (tertiary/aromatic N) is 2. The molecule has 0 amide bonds. The second-order valence-corrected chi connectivity index (χ2v) is 5.18. The largest absolute Gasteiger partial charge is 0.396 e. The van der Waals surface area contributed by atoms with Crippen molar-refractivity contribution in [1.82, 2.24) is 0 Å². The van der Waals surface area contributed by atoms with Crippen molar-refractivity contribution in [2.24, 2.45) is 5.92 Å². The molecule has 0 aromatic heterocycles. The Morgan fingerprint density at radius 1 is 1.29 bits per heavy atom. The number of nitriles is 1. The zero-order valence-electron chi connectivity index (χ0n) is 9.89. The average molecular weight is 227 g/mol. The summed E-state index contributed by atoms with van der Waals surface area (Å²) in [5, 5.41) is 9.02. The first-order valence-corrected chi connectivity index (χ1v) is 6.35. The SMILES string of the molecule is N#Cc1cccc(N(CC2CC2)C2CC2)c1N. The quantitative estimate of drug-likeness (QED) is 0.804. The van der Waals surface area contributed by atoms with Gasteiger partial charge in [-0.15, -0.1) is 0 Å². The summed E-state index contributed by atoms with van der Waals surface area (Å²) >= 11 is 0. The topological polar surface area (TPSA) is 53.0 Å². The van der Waals surface area contributed by atoms with E-state index in [1.807, 2.05) is 6.07 Å². The highest BCUT2D eigenvalue weighted by atomic mass is 15.2. The predicted octanol–water partition coefficient (Wildman–Crippen LogP) is 2.52. The van der Waals surface area contributed by atoms with Crippen LogP contribution in [0, 0.1) is 17.2 Å². The predicted molar refractivity (Wildman–Crippen MR) is 68.7 cm³/mol. The van der Waals surface area contributed by atoms with Crippen molar-refractivity contribution < 1.29 is 0 Å². The number of hydrogen-bond donors (Lipinski definition) is 1. The molecule has 3 nitrogen and oxygen atoms in total. The summed E-state index contributed by atoms with van der Waals surface area (Å²) < 4.78 is 0. The van der Waals surface area contributed by atoms with Gasteiger partial charge in [-0.05, 0) is 43.7 Å². The van der Waals surface area contributed by atoms with Crippen molar-refractivity contribution in [2.45, 2.75) is 31.7 Å². The Balaban J connectivity index is 1.91. The minimum absolute atomic E-state index is 0.601. The molecule has 1 aromatic carbocycles. The van der Waals surface area contributed by atoms with Gasteiger partial charge >= 0.3 is 0 Å². The molecule has 2 fully saturated rings. The molecule has 2 N–H and O–H groups in total. The van der Waals surface area contributed by atoms with E-state index in [1.54, 1.807) is 6.07 Å². The molecule has 0 aliphatic heterocycles. The molecule has 0 saturated heterocycles. The molecule has 0 atom stereocenters. The summed E-state index contributed by atoms with van der Waals surface area (Å²) in [6.07, 6.45) is 5.23. The van der Waals surface area contributed by atoms with E-state index in [0.717, 1.165) is 18.2 Å². The smallest absolute Gasteiger partial charge is 0.101 e. The fourth-order valence-corrected chi connectivity index (χ4v) is 2.31. The van der Waals surface area contributed by atoms with Crippen LogP contribution in [0.25, 0.3) is 0 Å². The van der Waals surface area contributed by atoms with Crippen LogP contribution in [0.3, 0.4) is 0 Å². The van der Waals surface area contributed by atoms with Gasteiger partial charge in [0.1, 0.15) is 6.07 Å². The van der Waals surface area contributed by atoms with Gasteiger partial charge in [-0.1, -0.05) is 6.07 Å². The van der Waals surface area contributed by atoms with Gasteiger partial charge in [-0.25, -0.2) is 0 Å². The Morgan fingerprint density at radius 3 is 2.65 bits per heavy atom. The van der Waals surface area contributed by atoms with Gasteiger partial charge in [0, 0.05) is 12.6 Å². The Kier molecular flexibility index (Phi) is 2.44. The maximum atomic E-state index is 9.02. The molecule has 0 spiro atoms. The van der Waals surface area contributed by atoms with E-state index in [9.17, 15) is 0 Å². The van der Waals surface area contributed by atoms with E-state index >= 15 is 0 Å². The molecule has 0 radical (unpaired) electrons. The molecule has 2 aliphatic rings. The Bertz CT molecular complexity index is 467. The summed E-state index contributed by atoms with van der Waals surface area (Å²) in [7, 11) is 0. The van der Waals surface area contributed by atoms with Crippen molar-refractivity contribution in [3.8, 4) is 6.07 Å². The number of nitrogen functional groups attached to an aromatic ring is 1. The van der Waals surface area contributed by atoms with Gasteiger partial charge in [-0.3, -0.25) is 0 Å².